The number of nitrogens with zero attached hydrogens (tertiary/aromatic N) is 1. The summed E-state index contributed by atoms with van der Waals surface area (Å²) in [5, 5.41) is 4.39. The third kappa shape index (κ3) is 11.5. The molecule has 0 rings (SSSR count). The van der Waals surface area contributed by atoms with Gasteiger partial charge in [-0.2, -0.15) is 0 Å². The molecule has 3 heteroatoms. The van der Waals surface area contributed by atoms with E-state index in [1.165, 1.54) is 51.4 Å². The summed E-state index contributed by atoms with van der Waals surface area (Å²) in [4.78, 5) is 2.39. The minimum absolute atomic E-state index is 0.648. The van der Waals surface area contributed by atoms with E-state index in [1.807, 2.05) is 0 Å². The quantitative estimate of drug-likeness (QED) is 0.404. The van der Waals surface area contributed by atoms with Crippen molar-refractivity contribution in [2.45, 2.75) is 79.1 Å². The first-order chi connectivity index (χ1) is 9.61. The fraction of sp³-hybridized carbons (Fsp3) is 0.941. The van der Waals surface area contributed by atoms with Gasteiger partial charge >= 0.3 is 0 Å². The lowest BCUT2D eigenvalue weighted by Crippen LogP contribution is -2.42. The number of rotatable bonds is 12. The number of nitrogens with one attached hydrogen (secondary N) is 1. The number of hydrogen-bond acceptors (Lipinski definition) is 1. The minimum atomic E-state index is 0.648. The number of hydrogen-bond donors (Lipinski definition) is 1. The molecule has 0 saturated heterocycles. The van der Waals surface area contributed by atoms with Gasteiger partial charge in [-0.05, 0) is 31.0 Å². The van der Waals surface area contributed by atoms with Gasteiger partial charge in [0.05, 0.1) is 0 Å². The fourth-order valence-electron chi connectivity index (χ4n) is 2.18. The Labute approximate surface area is 132 Å². The van der Waals surface area contributed by atoms with Gasteiger partial charge < -0.3 is 10.2 Å². The largest absolute Gasteiger partial charge is 0.362 e. The molecule has 0 aliphatic heterocycles. The summed E-state index contributed by atoms with van der Waals surface area (Å²) in [6.07, 6.45) is 10.5. The smallest absolute Gasteiger partial charge is 0.168 e. The molecule has 0 fully saturated rings. The topological polar surface area (TPSA) is 15.3 Å². The molecule has 0 aromatic carbocycles. The molecule has 0 aromatic rings. The molecule has 0 aliphatic rings. The summed E-state index contributed by atoms with van der Waals surface area (Å²) in [7, 11) is 0. The van der Waals surface area contributed by atoms with Crippen molar-refractivity contribution in [3.05, 3.63) is 0 Å². The van der Waals surface area contributed by atoms with Gasteiger partial charge in [-0.15, -0.1) is 0 Å². The van der Waals surface area contributed by atoms with E-state index in [2.05, 4.69) is 37.9 Å². The number of unbranched alkanes of at least 4 members (excludes halogenated alkanes) is 6. The van der Waals surface area contributed by atoms with E-state index in [0.29, 0.717) is 5.92 Å². The lowest BCUT2D eigenvalue weighted by atomic mass is 10.2. The van der Waals surface area contributed by atoms with E-state index in [-0.39, 0.29) is 0 Å². The van der Waals surface area contributed by atoms with E-state index in [4.69, 9.17) is 12.2 Å². The highest BCUT2D eigenvalue weighted by molar-refractivity contribution is 7.80. The third-order valence-corrected chi connectivity index (χ3v) is 3.91. The van der Waals surface area contributed by atoms with E-state index in [9.17, 15) is 0 Å². The molecule has 0 amide bonds. The van der Waals surface area contributed by atoms with Crippen LogP contribution in [-0.4, -0.2) is 29.6 Å². The van der Waals surface area contributed by atoms with Crippen LogP contribution in [0.2, 0.25) is 0 Å². The molecule has 0 aromatic heterocycles. The maximum Gasteiger partial charge on any atom is 0.168 e. The van der Waals surface area contributed by atoms with Crippen LogP contribution in [0.5, 0.6) is 0 Å². The summed E-state index contributed by atoms with van der Waals surface area (Å²) >= 11 is 5.56. The Morgan fingerprint density at radius 1 is 0.900 bits per heavy atom. The summed E-state index contributed by atoms with van der Waals surface area (Å²) in [5.74, 6) is 0.648. The van der Waals surface area contributed by atoms with Crippen molar-refractivity contribution in [1.29, 1.82) is 0 Å². The second-order valence-electron chi connectivity index (χ2n) is 6.19. The highest BCUT2D eigenvalue weighted by Gasteiger charge is 2.09. The van der Waals surface area contributed by atoms with Crippen LogP contribution in [-0.2, 0) is 0 Å². The minimum Gasteiger partial charge on any atom is -0.362 e. The molecule has 0 saturated carbocycles. The average molecular weight is 301 g/mol. The lowest BCUT2D eigenvalue weighted by molar-refractivity contribution is 0.379. The molecule has 0 unspecified atom stereocenters. The molecule has 0 spiro atoms. The number of thiocarbonyl (C=S) groups is 1. The Kier molecular flexibility index (Phi) is 13.5. The zero-order chi connectivity index (χ0) is 15.2. The Morgan fingerprint density at radius 2 is 1.40 bits per heavy atom. The Hall–Kier alpha value is -0.310. The van der Waals surface area contributed by atoms with E-state index in [0.717, 1.165) is 24.7 Å². The second-order valence-corrected chi connectivity index (χ2v) is 6.57. The van der Waals surface area contributed by atoms with Crippen LogP contribution in [0.1, 0.15) is 79.1 Å². The molecule has 0 bridgehead atoms. The van der Waals surface area contributed by atoms with Crippen LogP contribution in [0.25, 0.3) is 0 Å². The SMILES string of the molecule is CCCCCCN(CCCCCC)C(=S)NCC(C)C. The van der Waals surface area contributed by atoms with Gasteiger partial charge in [0, 0.05) is 19.6 Å². The molecule has 0 heterocycles. The summed E-state index contributed by atoms with van der Waals surface area (Å²) < 4.78 is 0. The maximum absolute atomic E-state index is 5.56. The van der Waals surface area contributed by atoms with Crippen LogP contribution in [0, 0.1) is 5.92 Å². The predicted octanol–water partition coefficient (Wildman–Crippen LogP) is 4.98. The van der Waals surface area contributed by atoms with Crippen LogP contribution in [0.3, 0.4) is 0 Å². The highest BCUT2D eigenvalue weighted by atomic mass is 32.1. The van der Waals surface area contributed by atoms with Crippen molar-refractivity contribution in [3.8, 4) is 0 Å². The molecule has 0 radical (unpaired) electrons. The molecule has 120 valence electrons. The normalized spacial score (nSPS) is 10.8. The van der Waals surface area contributed by atoms with Crippen LogP contribution >= 0.6 is 12.2 Å². The summed E-state index contributed by atoms with van der Waals surface area (Å²) in [6.45, 7) is 12.2. The van der Waals surface area contributed by atoms with Gasteiger partial charge in [0.1, 0.15) is 0 Å². The van der Waals surface area contributed by atoms with E-state index in [1.54, 1.807) is 0 Å². The fourth-order valence-corrected chi connectivity index (χ4v) is 2.44. The van der Waals surface area contributed by atoms with Crippen LogP contribution in [0.15, 0.2) is 0 Å². The average Bonchev–Trinajstić information content (AvgIpc) is 2.43. The van der Waals surface area contributed by atoms with Gasteiger partial charge in [0.25, 0.3) is 0 Å². The monoisotopic (exact) mass is 300 g/mol. The van der Waals surface area contributed by atoms with Crippen molar-refractivity contribution >= 4 is 17.3 Å². The van der Waals surface area contributed by atoms with Crippen molar-refractivity contribution in [1.82, 2.24) is 10.2 Å². The first kappa shape index (κ1) is 19.7. The van der Waals surface area contributed by atoms with Gasteiger partial charge in [-0.25, -0.2) is 0 Å². The Morgan fingerprint density at radius 3 is 1.80 bits per heavy atom. The van der Waals surface area contributed by atoms with Gasteiger partial charge in [0.15, 0.2) is 5.11 Å². The van der Waals surface area contributed by atoms with Crippen molar-refractivity contribution < 1.29 is 0 Å². The lowest BCUT2D eigenvalue weighted by Gasteiger charge is -2.26. The molecule has 2 nitrogen and oxygen atoms in total. The van der Waals surface area contributed by atoms with Gasteiger partial charge in [-0.1, -0.05) is 66.2 Å². The summed E-state index contributed by atoms with van der Waals surface area (Å²) in [6, 6.07) is 0. The molecular formula is C17H36N2S. The van der Waals surface area contributed by atoms with Crippen LogP contribution < -0.4 is 5.32 Å². The summed E-state index contributed by atoms with van der Waals surface area (Å²) in [5.41, 5.74) is 0. The van der Waals surface area contributed by atoms with E-state index >= 15 is 0 Å². The zero-order valence-electron chi connectivity index (χ0n) is 14.2. The maximum atomic E-state index is 5.56. The first-order valence-electron chi connectivity index (χ1n) is 8.64. The molecular weight excluding hydrogens is 264 g/mol. The Balaban J connectivity index is 4.04. The first-order valence-corrected chi connectivity index (χ1v) is 9.05. The highest BCUT2D eigenvalue weighted by Crippen LogP contribution is 2.06. The van der Waals surface area contributed by atoms with Crippen molar-refractivity contribution in [2.75, 3.05) is 19.6 Å². The molecule has 20 heavy (non-hydrogen) atoms. The van der Waals surface area contributed by atoms with Crippen molar-refractivity contribution in [2.24, 2.45) is 5.92 Å². The van der Waals surface area contributed by atoms with E-state index < -0.39 is 0 Å². The molecule has 1 N–H and O–H groups in total. The van der Waals surface area contributed by atoms with Crippen LogP contribution in [0.4, 0.5) is 0 Å². The zero-order valence-corrected chi connectivity index (χ0v) is 15.0. The van der Waals surface area contributed by atoms with Crippen molar-refractivity contribution in [3.63, 3.8) is 0 Å². The van der Waals surface area contributed by atoms with Gasteiger partial charge in [-0.3, -0.25) is 0 Å². The molecule has 0 aliphatic carbocycles. The predicted molar refractivity (Wildman–Crippen MR) is 95.3 cm³/mol. The standard InChI is InChI=1S/C17H36N2S/c1-5-7-9-11-13-19(14-12-10-8-6-2)17(20)18-15-16(3)4/h16H,5-15H2,1-4H3,(H,18,20). The van der Waals surface area contributed by atoms with Gasteiger partial charge in [0.2, 0.25) is 0 Å². The third-order valence-electron chi connectivity index (χ3n) is 3.51. The Bertz CT molecular complexity index is 217. The molecule has 0 atom stereocenters. The second kappa shape index (κ2) is 13.7.